The van der Waals surface area contributed by atoms with Crippen LogP contribution in [0.3, 0.4) is 0 Å². The first-order valence-electron chi connectivity index (χ1n) is 5.88. The van der Waals surface area contributed by atoms with Crippen LogP contribution in [0.15, 0.2) is 35.5 Å². The van der Waals surface area contributed by atoms with Crippen LogP contribution in [-0.4, -0.2) is 15.7 Å². The van der Waals surface area contributed by atoms with Crippen LogP contribution in [0.4, 0.5) is 11.4 Å². The van der Waals surface area contributed by atoms with Crippen LogP contribution in [0.25, 0.3) is 0 Å². The van der Waals surface area contributed by atoms with Crippen LogP contribution in [-0.2, 0) is 0 Å². The lowest BCUT2D eigenvalue weighted by molar-refractivity contribution is 0.964. The Morgan fingerprint density at radius 3 is 2.32 bits per heavy atom. The zero-order valence-electron chi connectivity index (χ0n) is 10.4. The lowest BCUT2D eigenvalue weighted by Crippen LogP contribution is -1.98. The van der Waals surface area contributed by atoms with Gasteiger partial charge in [0.1, 0.15) is 5.69 Å². The number of nitrogens with one attached hydrogen (secondary N) is 1. The molecule has 3 nitrogen and oxygen atoms in total. The summed E-state index contributed by atoms with van der Waals surface area (Å²) in [4.78, 5) is 8.48. The smallest absolute Gasteiger partial charge is 0.190 e. The highest BCUT2D eigenvalue weighted by molar-refractivity contribution is 7.99. The first-order valence-corrected chi connectivity index (χ1v) is 7.62. The molecular weight excluding hydrogens is 301 g/mol. The standard InChI is InChI=1S/C13H13Cl2N3S/c1-2-8-19-13-17-11(14)10(12(15)18-13)16-9-6-4-3-5-7-9/h3-7,16H,2,8H2,1H3. The van der Waals surface area contributed by atoms with E-state index < -0.39 is 0 Å². The number of anilines is 2. The van der Waals surface area contributed by atoms with Crippen LogP contribution < -0.4 is 5.32 Å². The predicted molar refractivity (Wildman–Crippen MR) is 82.8 cm³/mol. The first-order chi connectivity index (χ1) is 9.20. The summed E-state index contributed by atoms with van der Waals surface area (Å²) in [6, 6.07) is 9.64. The van der Waals surface area contributed by atoms with E-state index in [-0.39, 0.29) is 0 Å². The Balaban J connectivity index is 2.22. The van der Waals surface area contributed by atoms with Gasteiger partial charge < -0.3 is 5.32 Å². The predicted octanol–water partition coefficient (Wildman–Crippen LogP) is 5.03. The van der Waals surface area contributed by atoms with Crippen molar-refractivity contribution in [2.24, 2.45) is 0 Å². The van der Waals surface area contributed by atoms with Crippen molar-refractivity contribution in [3.8, 4) is 0 Å². The van der Waals surface area contributed by atoms with Gasteiger partial charge in [0, 0.05) is 11.4 Å². The first kappa shape index (κ1) is 14.4. The Hall–Kier alpha value is -0.970. The van der Waals surface area contributed by atoms with Gasteiger partial charge in [0.15, 0.2) is 15.5 Å². The summed E-state index contributed by atoms with van der Waals surface area (Å²) < 4.78 is 0. The van der Waals surface area contributed by atoms with Crippen LogP contribution in [0.2, 0.25) is 10.3 Å². The number of rotatable bonds is 5. The van der Waals surface area contributed by atoms with Crippen LogP contribution in [0.1, 0.15) is 13.3 Å². The number of thioether (sulfide) groups is 1. The Morgan fingerprint density at radius 2 is 1.74 bits per heavy atom. The molecule has 0 radical (unpaired) electrons. The molecule has 1 aromatic carbocycles. The number of aromatic nitrogens is 2. The van der Waals surface area contributed by atoms with Crippen molar-refractivity contribution < 1.29 is 0 Å². The summed E-state index contributed by atoms with van der Waals surface area (Å²) in [7, 11) is 0. The van der Waals surface area contributed by atoms with E-state index in [0.29, 0.717) is 21.2 Å². The molecule has 0 bridgehead atoms. The molecule has 1 N–H and O–H groups in total. The van der Waals surface area contributed by atoms with Crippen LogP contribution in [0.5, 0.6) is 0 Å². The van der Waals surface area contributed by atoms with E-state index in [4.69, 9.17) is 23.2 Å². The fourth-order valence-electron chi connectivity index (χ4n) is 1.42. The fraction of sp³-hybridized carbons (Fsp3) is 0.231. The van der Waals surface area contributed by atoms with Gasteiger partial charge >= 0.3 is 0 Å². The molecule has 0 saturated heterocycles. The van der Waals surface area contributed by atoms with Gasteiger partial charge in [-0.2, -0.15) is 0 Å². The van der Waals surface area contributed by atoms with Crippen LogP contribution in [0, 0.1) is 0 Å². The highest BCUT2D eigenvalue weighted by Gasteiger charge is 2.12. The molecule has 0 unspecified atom stereocenters. The van der Waals surface area contributed by atoms with Crippen molar-refractivity contribution in [3.63, 3.8) is 0 Å². The van der Waals surface area contributed by atoms with E-state index >= 15 is 0 Å². The summed E-state index contributed by atoms with van der Waals surface area (Å²) in [6.07, 6.45) is 1.05. The topological polar surface area (TPSA) is 37.8 Å². The SMILES string of the molecule is CCCSc1nc(Cl)c(Nc2ccccc2)c(Cl)n1. The average molecular weight is 314 g/mol. The number of benzene rings is 1. The Morgan fingerprint density at radius 1 is 1.11 bits per heavy atom. The molecule has 2 aromatic rings. The van der Waals surface area contributed by atoms with E-state index in [0.717, 1.165) is 17.9 Å². The minimum Gasteiger partial charge on any atom is -0.350 e. The second kappa shape index (κ2) is 6.98. The Bertz CT molecular complexity index is 526. The molecular formula is C13H13Cl2N3S. The molecule has 2 rings (SSSR count). The van der Waals surface area contributed by atoms with Crippen molar-refractivity contribution in [3.05, 3.63) is 40.6 Å². The maximum Gasteiger partial charge on any atom is 0.190 e. The molecule has 100 valence electrons. The van der Waals surface area contributed by atoms with Crippen molar-refractivity contribution in [2.75, 3.05) is 11.1 Å². The minimum absolute atomic E-state index is 0.336. The normalized spacial score (nSPS) is 10.5. The summed E-state index contributed by atoms with van der Waals surface area (Å²) in [5.74, 6) is 0.943. The third kappa shape index (κ3) is 4.00. The molecule has 0 saturated carbocycles. The molecule has 0 fully saturated rings. The number of hydrogen-bond acceptors (Lipinski definition) is 4. The van der Waals surface area contributed by atoms with Gasteiger partial charge in [-0.3, -0.25) is 0 Å². The Labute approximate surface area is 126 Å². The Kier molecular flexibility index (Phi) is 5.31. The fourth-order valence-corrected chi connectivity index (χ4v) is 2.70. The molecule has 6 heteroatoms. The second-order valence-electron chi connectivity index (χ2n) is 3.80. The van der Waals surface area contributed by atoms with Crippen molar-refractivity contribution >= 4 is 46.3 Å². The summed E-state index contributed by atoms with van der Waals surface area (Å²) in [5, 5.41) is 4.40. The van der Waals surface area contributed by atoms with Gasteiger partial charge in [-0.25, -0.2) is 9.97 Å². The average Bonchev–Trinajstić information content (AvgIpc) is 2.42. The van der Waals surface area contributed by atoms with Crippen molar-refractivity contribution in [1.29, 1.82) is 0 Å². The van der Waals surface area contributed by atoms with E-state index in [1.54, 1.807) is 11.8 Å². The lowest BCUT2D eigenvalue weighted by atomic mass is 10.3. The van der Waals surface area contributed by atoms with Gasteiger partial charge in [0.05, 0.1) is 0 Å². The zero-order valence-corrected chi connectivity index (χ0v) is 12.7. The van der Waals surface area contributed by atoms with E-state index in [1.165, 1.54) is 0 Å². The number of para-hydroxylation sites is 1. The molecule has 0 spiro atoms. The molecule has 19 heavy (non-hydrogen) atoms. The molecule has 0 aliphatic rings. The maximum absolute atomic E-state index is 6.15. The number of halogens is 2. The van der Waals surface area contributed by atoms with Gasteiger partial charge in [0.25, 0.3) is 0 Å². The maximum atomic E-state index is 6.15. The molecule has 1 aromatic heterocycles. The summed E-state index contributed by atoms with van der Waals surface area (Å²) in [6.45, 7) is 2.10. The quantitative estimate of drug-likeness (QED) is 0.477. The highest BCUT2D eigenvalue weighted by atomic mass is 35.5. The third-order valence-electron chi connectivity index (χ3n) is 2.28. The van der Waals surface area contributed by atoms with E-state index in [9.17, 15) is 0 Å². The van der Waals surface area contributed by atoms with E-state index in [1.807, 2.05) is 30.3 Å². The van der Waals surface area contributed by atoms with Crippen molar-refractivity contribution in [2.45, 2.75) is 18.5 Å². The molecule has 0 atom stereocenters. The van der Waals surface area contributed by atoms with Gasteiger partial charge in [-0.15, -0.1) is 0 Å². The zero-order chi connectivity index (χ0) is 13.7. The third-order valence-corrected chi connectivity index (χ3v) is 3.88. The van der Waals surface area contributed by atoms with Gasteiger partial charge in [0.2, 0.25) is 0 Å². The highest BCUT2D eigenvalue weighted by Crippen LogP contribution is 2.32. The number of nitrogens with zero attached hydrogens (tertiary/aromatic N) is 2. The molecule has 0 amide bonds. The summed E-state index contributed by atoms with van der Waals surface area (Å²) >= 11 is 13.8. The molecule has 1 heterocycles. The molecule has 0 aliphatic carbocycles. The van der Waals surface area contributed by atoms with E-state index in [2.05, 4.69) is 22.2 Å². The van der Waals surface area contributed by atoms with Gasteiger partial charge in [-0.05, 0) is 18.6 Å². The van der Waals surface area contributed by atoms with Gasteiger partial charge in [-0.1, -0.05) is 60.1 Å². The lowest BCUT2D eigenvalue weighted by Gasteiger charge is -2.10. The van der Waals surface area contributed by atoms with Crippen molar-refractivity contribution in [1.82, 2.24) is 9.97 Å². The monoisotopic (exact) mass is 313 g/mol. The number of hydrogen-bond donors (Lipinski definition) is 1. The largest absolute Gasteiger partial charge is 0.350 e. The summed E-state index contributed by atoms with van der Waals surface area (Å²) in [5.41, 5.74) is 1.43. The van der Waals surface area contributed by atoms with Crippen LogP contribution >= 0.6 is 35.0 Å². The minimum atomic E-state index is 0.336. The second-order valence-corrected chi connectivity index (χ2v) is 5.58. The molecule has 0 aliphatic heterocycles.